The molecular weight excluding hydrogens is 829 g/mol. The molecule has 6 heteroatoms. The molecule has 0 heterocycles. The Morgan fingerprint density at radius 1 is 0.313 bits per heavy atom. The number of unbranched alkanes of at least 4 members (excludes halogenated alkanes) is 10. The van der Waals surface area contributed by atoms with Gasteiger partial charge in [-0.25, -0.2) is 0 Å². The zero-order valence-electron chi connectivity index (χ0n) is 42.6. The second kappa shape index (κ2) is 53.9. The molecule has 374 valence electrons. The molecule has 0 aliphatic rings. The summed E-state index contributed by atoms with van der Waals surface area (Å²) in [5.74, 6) is -1.09. The third kappa shape index (κ3) is 52.1. The minimum atomic E-state index is -0.842. The quantitative estimate of drug-likeness (QED) is 0.0262. The first kappa shape index (κ1) is 62.3. The number of hydrogen-bond donors (Lipinski definition) is 0. The van der Waals surface area contributed by atoms with Crippen LogP contribution in [0.4, 0.5) is 0 Å². The maximum Gasteiger partial charge on any atom is 0.306 e. The lowest BCUT2D eigenvalue weighted by atomic mass is 10.1. The van der Waals surface area contributed by atoms with Crippen molar-refractivity contribution in [1.29, 1.82) is 0 Å². The Hall–Kier alpha value is -4.71. The van der Waals surface area contributed by atoms with Gasteiger partial charge in [-0.15, -0.1) is 0 Å². The van der Waals surface area contributed by atoms with E-state index in [9.17, 15) is 14.4 Å². The van der Waals surface area contributed by atoms with Crippen molar-refractivity contribution in [1.82, 2.24) is 0 Å². The molecule has 0 amide bonds. The van der Waals surface area contributed by atoms with Crippen LogP contribution in [0.5, 0.6) is 0 Å². The Morgan fingerprint density at radius 2 is 0.612 bits per heavy atom. The van der Waals surface area contributed by atoms with Crippen molar-refractivity contribution in [2.75, 3.05) is 13.2 Å². The smallest absolute Gasteiger partial charge is 0.306 e. The van der Waals surface area contributed by atoms with Crippen LogP contribution < -0.4 is 0 Å². The summed E-state index contributed by atoms with van der Waals surface area (Å²) in [6.07, 6.45) is 77.0. The summed E-state index contributed by atoms with van der Waals surface area (Å²) in [6.45, 7) is 6.24. The summed E-state index contributed by atoms with van der Waals surface area (Å²) in [5, 5.41) is 0. The van der Waals surface area contributed by atoms with E-state index in [1.54, 1.807) is 0 Å². The normalized spacial score (nSPS) is 13.3. The van der Waals surface area contributed by atoms with Gasteiger partial charge < -0.3 is 14.2 Å². The van der Waals surface area contributed by atoms with Crippen LogP contribution in [0.2, 0.25) is 0 Å². The van der Waals surface area contributed by atoms with Crippen LogP contribution in [0, 0.1) is 0 Å². The number of allylic oxidation sites excluding steroid dienone is 24. The Kier molecular flexibility index (Phi) is 50.1. The molecule has 0 rings (SSSR count). The van der Waals surface area contributed by atoms with E-state index in [1.165, 1.54) is 25.7 Å². The average molecular weight is 923 g/mol. The van der Waals surface area contributed by atoms with E-state index in [2.05, 4.69) is 154 Å². The number of carbonyl (C=O) groups is 3. The van der Waals surface area contributed by atoms with Gasteiger partial charge in [0.25, 0.3) is 0 Å². The van der Waals surface area contributed by atoms with Crippen molar-refractivity contribution < 1.29 is 28.6 Å². The summed E-state index contributed by atoms with van der Waals surface area (Å²) in [6, 6.07) is 0. The van der Waals surface area contributed by atoms with E-state index in [1.807, 2.05) is 12.2 Å². The number of esters is 3. The molecular formula is C61H94O6. The SMILES string of the molecule is CC/C=C\C/C=C\C/C=C\C/C=C\C/C=C\C/C=C\CCC(=O)OC[C@H](COC(=O)CCCCCCC/C=C\C/C=C\C/C=C\CC)OC(=O)CCCC/C=C\C/C=C\C/C=C\CCCCC. The standard InChI is InChI=1S/C61H94O6/c1-4-7-10-13-16-19-22-25-28-29-30-31-34-36-39-42-45-48-51-54-60(63)66-57-58(67-61(64)55-52-49-46-43-40-37-33-27-24-21-18-15-12-9-6-3)56-65-59(62)53-50-47-44-41-38-35-32-26-23-20-17-14-11-8-5-2/h7-8,10-11,16-21,25-28,30-33,36,39-40,43,45,48,58H,4-6,9,12-15,22-24,29,34-35,37-38,41-42,44,46-47,49-57H2,1-3H3/b10-7-,11-8-,19-16-,20-17-,21-18-,28-25-,31-30-,32-26-,33-27-,39-36-,43-40-,48-45-/t58-/m0/s1. The van der Waals surface area contributed by atoms with Crippen molar-refractivity contribution in [2.45, 2.75) is 207 Å². The van der Waals surface area contributed by atoms with E-state index in [-0.39, 0.29) is 44.0 Å². The van der Waals surface area contributed by atoms with Crippen molar-refractivity contribution in [3.63, 3.8) is 0 Å². The molecule has 0 N–H and O–H groups in total. The van der Waals surface area contributed by atoms with Crippen molar-refractivity contribution >= 4 is 17.9 Å². The fourth-order valence-electron chi connectivity index (χ4n) is 6.43. The first-order valence-electron chi connectivity index (χ1n) is 26.3. The fourth-order valence-corrected chi connectivity index (χ4v) is 6.43. The number of ether oxygens (including phenoxy) is 3. The van der Waals surface area contributed by atoms with Crippen molar-refractivity contribution in [2.24, 2.45) is 0 Å². The zero-order valence-corrected chi connectivity index (χ0v) is 42.6. The predicted octanol–water partition coefficient (Wildman–Crippen LogP) is 17.6. The van der Waals surface area contributed by atoms with Crippen LogP contribution in [0.3, 0.4) is 0 Å². The Bertz CT molecular complexity index is 1530. The molecule has 0 aliphatic heterocycles. The lowest BCUT2D eigenvalue weighted by Crippen LogP contribution is -2.30. The lowest BCUT2D eigenvalue weighted by Gasteiger charge is -2.18. The van der Waals surface area contributed by atoms with Gasteiger partial charge in [0.05, 0.1) is 0 Å². The molecule has 67 heavy (non-hydrogen) atoms. The molecule has 1 atom stereocenters. The van der Waals surface area contributed by atoms with Crippen molar-refractivity contribution in [3.8, 4) is 0 Å². The summed E-state index contributed by atoms with van der Waals surface area (Å²) in [5.41, 5.74) is 0. The summed E-state index contributed by atoms with van der Waals surface area (Å²) in [4.78, 5) is 38.0. The molecule has 0 fully saturated rings. The Balaban J connectivity index is 4.62. The molecule has 0 aromatic rings. The van der Waals surface area contributed by atoms with E-state index >= 15 is 0 Å². The molecule has 0 saturated heterocycles. The molecule has 0 aromatic heterocycles. The minimum Gasteiger partial charge on any atom is -0.462 e. The third-order valence-electron chi connectivity index (χ3n) is 10.3. The summed E-state index contributed by atoms with van der Waals surface area (Å²) in [7, 11) is 0. The van der Waals surface area contributed by atoms with Gasteiger partial charge in [0.2, 0.25) is 0 Å². The van der Waals surface area contributed by atoms with Gasteiger partial charge in [-0.05, 0) is 128 Å². The topological polar surface area (TPSA) is 78.9 Å². The summed E-state index contributed by atoms with van der Waals surface area (Å²) < 4.78 is 16.7. The molecule has 0 saturated carbocycles. The van der Waals surface area contributed by atoms with Crippen LogP contribution in [0.1, 0.15) is 201 Å². The zero-order chi connectivity index (χ0) is 48.6. The van der Waals surface area contributed by atoms with Crippen LogP contribution in [-0.4, -0.2) is 37.2 Å². The molecule has 0 unspecified atom stereocenters. The predicted molar refractivity (Wildman–Crippen MR) is 288 cm³/mol. The highest BCUT2D eigenvalue weighted by Gasteiger charge is 2.19. The maximum atomic E-state index is 12.8. The van der Waals surface area contributed by atoms with Crippen LogP contribution in [-0.2, 0) is 28.6 Å². The molecule has 0 bridgehead atoms. The van der Waals surface area contributed by atoms with E-state index in [0.717, 1.165) is 122 Å². The van der Waals surface area contributed by atoms with Gasteiger partial charge in [0.1, 0.15) is 13.2 Å². The third-order valence-corrected chi connectivity index (χ3v) is 10.3. The molecule has 6 nitrogen and oxygen atoms in total. The van der Waals surface area contributed by atoms with Crippen molar-refractivity contribution in [3.05, 3.63) is 146 Å². The largest absolute Gasteiger partial charge is 0.462 e. The molecule has 0 spiro atoms. The second-order valence-corrected chi connectivity index (χ2v) is 16.7. The molecule has 0 aliphatic carbocycles. The van der Waals surface area contributed by atoms with Gasteiger partial charge in [0.15, 0.2) is 6.10 Å². The van der Waals surface area contributed by atoms with E-state index in [4.69, 9.17) is 14.2 Å². The average Bonchev–Trinajstić information content (AvgIpc) is 3.33. The Labute approximate surface area is 410 Å². The Morgan fingerprint density at radius 3 is 1.03 bits per heavy atom. The summed E-state index contributed by atoms with van der Waals surface area (Å²) >= 11 is 0. The van der Waals surface area contributed by atoms with E-state index in [0.29, 0.717) is 19.3 Å². The van der Waals surface area contributed by atoms with E-state index < -0.39 is 6.10 Å². The molecule has 0 radical (unpaired) electrons. The highest BCUT2D eigenvalue weighted by molar-refractivity contribution is 5.71. The number of rotatable bonds is 45. The maximum absolute atomic E-state index is 12.8. The highest BCUT2D eigenvalue weighted by Crippen LogP contribution is 2.11. The fraction of sp³-hybridized carbons (Fsp3) is 0.557. The first-order valence-corrected chi connectivity index (χ1v) is 26.3. The van der Waals surface area contributed by atoms with Crippen LogP contribution >= 0.6 is 0 Å². The van der Waals surface area contributed by atoms with Gasteiger partial charge >= 0.3 is 17.9 Å². The lowest BCUT2D eigenvalue weighted by molar-refractivity contribution is -0.166. The highest BCUT2D eigenvalue weighted by atomic mass is 16.6. The first-order chi connectivity index (χ1) is 33.0. The minimum absolute atomic E-state index is 0.132. The molecule has 0 aromatic carbocycles. The monoisotopic (exact) mass is 923 g/mol. The van der Waals surface area contributed by atoms with Crippen LogP contribution in [0.15, 0.2) is 146 Å². The van der Waals surface area contributed by atoms with Gasteiger partial charge in [-0.3, -0.25) is 14.4 Å². The van der Waals surface area contributed by atoms with Crippen LogP contribution in [0.25, 0.3) is 0 Å². The van der Waals surface area contributed by atoms with Gasteiger partial charge in [0, 0.05) is 19.3 Å². The number of hydrogen-bond acceptors (Lipinski definition) is 6. The van der Waals surface area contributed by atoms with Gasteiger partial charge in [-0.1, -0.05) is 199 Å². The van der Waals surface area contributed by atoms with Gasteiger partial charge in [-0.2, -0.15) is 0 Å². The number of carbonyl (C=O) groups excluding carboxylic acids is 3. The second-order valence-electron chi connectivity index (χ2n) is 16.7.